The predicted octanol–water partition coefficient (Wildman–Crippen LogP) is 3.72. The summed E-state index contributed by atoms with van der Waals surface area (Å²) in [5.41, 5.74) is 2.69. The first-order valence-corrected chi connectivity index (χ1v) is 13.2. The summed E-state index contributed by atoms with van der Waals surface area (Å²) >= 11 is 1.73. The highest BCUT2D eigenvalue weighted by molar-refractivity contribution is 8.14. The monoisotopic (exact) mass is 519 g/mol. The molecule has 1 saturated heterocycles. The van der Waals surface area contributed by atoms with E-state index < -0.39 is 11.4 Å². The van der Waals surface area contributed by atoms with Crippen LogP contribution in [0.3, 0.4) is 0 Å². The van der Waals surface area contributed by atoms with E-state index in [2.05, 4.69) is 14.9 Å². The summed E-state index contributed by atoms with van der Waals surface area (Å²) in [6, 6.07) is 16.5. The van der Waals surface area contributed by atoms with Crippen molar-refractivity contribution in [3.63, 3.8) is 0 Å². The fourth-order valence-corrected chi connectivity index (χ4v) is 6.16. The zero-order valence-electron chi connectivity index (χ0n) is 20.6. The second-order valence-electron chi connectivity index (χ2n) is 9.12. The molecule has 3 aromatic rings. The molecule has 2 aromatic carbocycles. The lowest BCUT2D eigenvalue weighted by atomic mass is 9.81. The van der Waals surface area contributed by atoms with E-state index >= 15 is 0 Å². The van der Waals surface area contributed by atoms with E-state index in [9.17, 15) is 14.8 Å². The number of benzene rings is 2. The Morgan fingerprint density at radius 1 is 1.14 bits per heavy atom. The van der Waals surface area contributed by atoms with E-state index in [1.807, 2.05) is 36.4 Å². The van der Waals surface area contributed by atoms with Gasteiger partial charge in [0, 0.05) is 30.4 Å². The van der Waals surface area contributed by atoms with Gasteiger partial charge in [-0.25, -0.2) is 5.48 Å². The third kappa shape index (κ3) is 4.86. The van der Waals surface area contributed by atoms with Gasteiger partial charge in [0.1, 0.15) is 5.75 Å². The molecule has 192 valence electrons. The molecular weight excluding hydrogens is 490 g/mol. The first-order chi connectivity index (χ1) is 18.1. The number of para-hydroxylation sites is 2. The third-order valence-electron chi connectivity index (χ3n) is 7.03. The number of thioether (sulfide) groups is 1. The van der Waals surface area contributed by atoms with Crippen molar-refractivity contribution in [2.75, 3.05) is 37.4 Å². The Morgan fingerprint density at radius 3 is 2.62 bits per heavy atom. The third-order valence-corrected chi connectivity index (χ3v) is 8.06. The minimum atomic E-state index is -0.908. The number of anilines is 1. The lowest BCUT2D eigenvalue weighted by Crippen LogP contribution is -2.60. The molecule has 0 saturated carbocycles. The zero-order valence-corrected chi connectivity index (χ0v) is 21.4. The number of aliphatic imine (C=N–C) groups is 1. The first kappa shape index (κ1) is 25.0. The van der Waals surface area contributed by atoms with Gasteiger partial charge in [0.05, 0.1) is 42.4 Å². The lowest BCUT2D eigenvalue weighted by molar-refractivity contribution is -0.130. The van der Waals surface area contributed by atoms with E-state index in [1.54, 1.807) is 46.5 Å². The first-order valence-electron chi connectivity index (χ1n) is 12.2. The molecule has 37 heavy (non-hydrogen) atoms. The number of hydroxylamine groups is 1. The number of pyridine rings is 1. The van der Waals surface area contributed by atoms with Gasteiger partial charge in [-0.05, 0) is 37.1 Å². The van der Waals surface area contributed by atoms with Gasteiger partial charge in [0.25, 0.3) is 5.91 Å². The minimum absolute atomic E-state index is 0.0610. The molecule has 0 unspecified atom stereocenters. The van der Waals surface area contributed by atoms with Crippen LogP contribution in [0.15, 0.2) is 65.8 Å². The average Bonchev–Trinajstić information content (AvgIpc) is 3.48. The number of carbonyl (C=O) groups is 2. The Bertz CT molecular complexity index is 1330. The Hall–Kier alpha value is -3.63. The van der Waals surface area contributed by atoms with E-state index in [4.69, 9.17) is 4.74 Å². The summed E-state index contributed by atoms with van der Waals surface area (Å²) in [6.45, 7) is 2.06. The summed E-state index contributed by atoms with van der Waals surface area (Å²) in [5.74, 6) is 0.593. The molecule has 0 atom stereocenters. The van der Waals surface area contributed by atoms with Crippen LogP contribution in [0.25, 0.3) is 10.9 Å². The van der Waals surface area contributed by atoms with E-state index in [0.29, 0.717) is 42.9 Å². The van der Waals surface area contributed by atoms with Gasteiger partial charge < -0.3 is 14.5 Å². The normalized spacial score (nSPS) is 16.8. The number of amidine groups is 1. The quantitative estimate of drug-likeness (QED) is 0.378. The van der Waals surface area contributed by atoms with Crippen molar-refractivity contribution in [2.24, 2.45) is 4.99 Å². The Balaban J connectivity index is 1.66. The Morgan fingerprint density at radius 2 is 1.89 bits per heavy atom. The summed E-state index contributed by atoms with van der Waals surface area (Å²) in [7, 11) is 1.53. The average molecular weight is 520 g/mol. The molecule has 9 nitrogen and oxygen atoms in total. The van der Waals surface area contributed by atoms with Crippen molar-refractivity contribution in [2.45, 2.75) is 24.8 Å². The molecular formula is C27H29N5O4S. The number of piperidine rings is 1. The number of rotatable bonds is 6. The Kier molecular flexibility index (Phi) is 7.29. The largest absolute Gasteiger partial charge is 0.496 e. The fourth-order valence-electron chi connectivity index (χ4n) is 5.25. The van der Waals surface area contributed by atoms with Crippen LogP contribution in [0.4, 0.5) is 5.69 Å². The van der Waals surface area contributed by atoms with Gasteiger partial charge in [0.15, 0.2) is 5.17 Å². The van der Waals surface area contributed by atoms with Gasteiger partial charge in [-0.15, -0.1) is 0 Å². The minimum Gasteiger partial charge on any atom is -0.496 e. The highest BCUT2D eigenvalue weighted by Crippen LogP contribution is 2.41. The second kappa shape index (κ2) is 10.8. The van der Waals surface area contributed by atoms with Crippen LogP contribution in [0.2, 0.25) is 0 Å². The zero-order chi connectivity index (χ0) is 25.8. The molecule has 3 heterocycles. The summed E-state index contributed by atoms with van der Waals surface area (Å²) in [6.07, 6.45) is 2.64. The smallest absolute Gasteiger partial charge is 0.262 e. The number of ether oxygens (including phenoxy) is 1. The number of hydrogen-bond donors (Lipinski definition) is 2. The van der Waals surface area contributed by atoms with Crippen molar-refractivity contribution >= 4 is 45.3 Å². The molecule has 5 rings (SSSR count). The SMILES string of the molecule is COc1ccccc1C(=O)N(c1ccnc2ccccc12)C1(CC(=O)NO)CCN(C2=NCCS2)CC1. The van der Waals surface area contributed by atoms with Crippen molar-refractivity contribution in [3.05, 3.63) is 66.4 Å². The van der Waals surface area contributed by atoms with E-state index in [-0.39, 0.29) is 12.3 Å². The second-order valence-corrected chi connectivity index (χ2v) is 10.2. The highest BCUT2D eigenvalue weighted by atomic mass is 32.2. The van der Waals surface area contributed by atoms with Crippen molar-refractivity contribution < 1.29 is 19.5 Å². The molecule has 0 bridgehead atoms. The predicted molar refractivity (Wildman–Crippen MR) is 144 cm³/mol. The summed E-state index contributed by atoms with van der Waals surface area (Å²) in [4.78, 5) is 40.3. The number of carbonyl (C=O) groups excluding carboxylic acids is 2. The lowest BCUT2D eigenvalue weighted by Gasteiger charge is -2.49. The fraction of sp³-hybridized carbons (Fsp3) is 0.333. The van der Waals surface area contributed by atoms with Gasteiger partial charge in [-0.1, -0.05) is 42.1 Å². The van der Waals surface area contributed by atoms with E-state index in [0.717, 1.165) is 28.4 Å². The van der Waals surface area contributed by atoms with Gasteiger partial charge in [-0.3, -0.25) is 24.8 Å². The van der Waals surface area contributed by atoms with Crippen LogP contribution in [-0.2, 0) is 4.79 Å². The van der Waals surface area contributed by atoms with Crippen molar-refractivity contribution in [3.8, 4) is 5.75 Å². The molecule has 2 amide bonds. The number of likely N-dealkylation sites (tertiary alicyclic amines) is 1. The molecule has 2 aliphatic heterocycles. The maximum atomic E-state index is 14.5. The maximum absolute atomic E-state index is 14.5. The Labute approximate surface area is 219 Å². The molecule has 10 heteroatoms. The van der Waals surface area contributed by atoms with Gasteiger partial charge in [0.2, 0.25) is 5.91 Å². The van der Waals surface area contributed by atoms with Crippen molar-refractivity contribution in [1.82, 2.24) is 15.4 Å². The number of nitrogens with one attached hydrogen (secondary N) is 1. The summed E-state index contributed by atoms with van der Waals surface area (Å²) < 4.78 is 5.54. The molecule has 0 radical (unpaired) electrons. The molecule has 0 aliphatic carbocycles. The maximum Gasteiger partial charge on any atom is 0.262 e. The summed E-state index contributed by atoms with van der Waals surface area (Å²) in [5, 5.41) is 11.3. The standard InChI is InChI=1S/C27H29N5O4S/c1-36-23-9-5-3-7-20(23)25(34)32(22-10-13-28-21-8-4-2-6-19(21)22)27(18-24(33)30-35)11-15-31(16-12-27)26-29-14-17-37-26/h2-10,13,35H,11-12,14-18H2,1H3,(H,30,33). The van der Waals surface area contributed by atoms with Gasteiger partial charge in [-0.2, -0.15) is 0 Å². The van der Waals surface area contributed by atoms with Crippen LogP contribution in [0, 0.1) is 0 Å². The highest BCUT2D eigenvalue weighted by Gasteiger charge is 2.46. The van der Waals surface area contributed by atoms with Crippen LogP contribution in [-0.4, -0.2) is 70.1 Å². The van der Waals surface area contributed by atoms with Crippen LogP contribution < -0.4 is 15.1 Å². The van der Waals surface area contributed by atoms with Crippen molar-refractivity contribution in [1.29, 1.82) is 0 Å². The molecule has 1 fully saturated rings. The topological polar surface area (TPSA) is 107 Å². The number of aromatic nitrogens is 1. The van der Waals surface area contributed by atoms with Crippen LogP contribution in [0.5, 0.6) is 5.75 Å². The molecule has 1 aromatic heterocycles. The molecule has 0 spiro atoms. The number of methoxy groups -OCH3 is 1. The van der Waals surface area contributed by atoms with Crippen LogP contribution in [0.1, 0.15) is 29.6 Å². The van der Waals surface area contributed by atoms with E-state index in [1.165, 1.54) is 7.11 Å². The molecule has 2 aliphatic rings. The van der Waals surface area contributed by atoms with Gasteiger partial charge >= 0.3 is 0 Å². The van der Waals surface area contributed by atoms with Crippen LogP contribution >= 0.6 is 11.8 Å². The number of hydrogen-bond acceptors (Lipinski definition) is 8. The number of amides is 2. The molecule has 2 N–H and O–H groups in total. The number of nitrogens with zero attached hydrogens (tertiary/aromatic N) is 4. The number of fused-ring (bicyclic) bond motifs is 1.